The van der Waals surface area contributed by atoms with Crippen molar-refractivity contribution >= 4 is 0 Å². The molecule has 1 fully saturated rings. The molecule has 0 radical (unpaired) electrons. The van der Waals surface area contributed by atoms with Gasteiger partial charge in [0.15, 0.2) is 0 Å². The molecule has 3 nitrogen and oxygen atoms in total. The zero-order chi connectivity index (χ0) is 9.90. The highest BCUT2D eigenvalue weighted by molar-refractivity contribution is 5.03. The van der Waals surface area contributed by atoms with Gasteiger partial charge >= 0.3 is 0 Å². The van der Waals surface area contributed by atoms with Crippen LogP contribution in [-0.4, -0.2) is 23.0 Å². The predicted octanol–water partition coefficient (Wildman–Crippen LogP) is 1.96. The summed E-state index contributed by atoms with van der Waals surface area (Å²) in [5.41, 5.74) is 1.33. The van der Waals surface area contributed by atoms with Gasteiger partial charge in [0.2, 0.25) is 0 Å². The molecule has 1 aliphatic rings. The minimum atomic E-state index is 0.119. The predicted molar refractivity (Wildman–Crippen MR) is 52.8 cm³/mol. The molecule has 1 aromatic heterocycles. The third kappa shape index (κ3) is 1.91. The number of ether oxygens (including phenoxy) is 1. The summed E-state index contributed by atoms with van der Waals surface area (Å²) in [7, 11) is 0. The highest BCUT2D eigenvalue weighted by atomic mass is 16.5. The van der Waals surface area contributed by atoms with Crippen molar-refractivity contribution in [3.05, 3.63) is 18.0 Å². The van der Waals surface area contributed by atoms with Gasteiger partial charge in [0.05, 0.1) is 19.4 Å². The SMILES string of the molecule is CC.Cc1cnn(C2(C)COC2)c1. The Kier molecular flexibility index (Phi) is 3.09. The van der Waals surface area contributed by atoms with Gasteiger partial charge in [-0.3, -0.25) is 4.68 Å². The van der Waals surface area contributed by atoms with Crippen LogP contribution in [0.25, 0.3) is 0 Å². The number of nitrogens with zero attached hydrogens (tertiary/aromatic N) is 2. The maximum Gasteiger partial charge on any atom is 0.106 e. The van der Waals surface area contributed by atoms with E-state index in [4.69, 9.17) is 4.74 Å². The van der Waals surface area contributed by atoms with Crippen LogP contribution in [0.3, 0.4) is 0 Å². The van der Waals surface area contributed by atoms with Crippen molar-refractivity contribution in [2.24, 2.45) is 0 Å². The van der Waals surface area contributed by atoms with E-state index in [1.807, 2.05) is 31.6 Å². The van der Waals surface area contributed by atoms with E-state index in [-0.39, 0.29) is 5.54 Å². The highest BCUT2D eigenvalue weighted by Gasteiger charge is 2.35. The molecule has 13 heavy (non-hydrogen) atoms. The topological polar surface area (TPSA) is 27.1 Å². The lowest BCUT2D eigenvalue weighted by atomic mass is 10.0. The highest BCUT2D eigenvalue weighted by Crippen LogP contribution is 2.24. The molecule has 0 aromatic carbocycles. The molecule has 0 N–H and O–H groups in total. The molecule has 0 unspecified atom stereocenters. The summed E-state index contributed by atoms with van der Waals surface area (Å²) in [6.07, 6.45) is 3.94. The zero-order valence-corrected chi connectivity index (χ0v) is 8.87. The first-order chi connectivity index (χ1) is 6.21. The van der Waals surface area contributed by atoms with E-state index in [9.17, 15) is 0 Å². The standard InChI is InChI=1S/C8H12N2O.C2H6/c1-7-3-9-10(4-7)8(2)5-11-6-8;1-2/h3-4H,5-6H2,1-2H3;1-2H3. The van der Waals surface area contributed by atoms with Gasteiger partial charge in [-0.1, -0.05) is 13.8 Å². The smallest absolute Gasteiger partial charge is 0.106 e. The molecule has 0 aliphatic carbocycles. The fourth-order valence-corrected chi connectivity index (χ4v) is 1.24. The van der Waals surface area contributed by atoms with Gasteiger partial charge in [-0.15, -0.1) is 0 Å². The summed E-state index contributed by atoms with van der Waals surface area (Å²) in [6, 6.07) is 0. The molecule has 74 valence electrons. The van der Waals surface area contributed by atoms with Crippen LogP contribution in [0.5, 0.6) is 0 Å². The Bertz CT molecular complexity index is 264. The largest absolute Gasteiger partial charge is 0.376 e. The minimum absolute atomic E-state index is 0.119. The Hall–Kier alpha value is -0.830. The van der Waals surface area contributed by atoms with Gasteiger partial charge in [0.25, 0.3) is 0 Å². The first kappa shape index (κ1) is 10.3. The van der Waals surface area contributed by atoms with E-state index in [1.54, 1.807) is 0 Å². The van der Waals surface area contributed by atoms with Gasteiger partial charge in [0.1, 0.15) is 5.54 Å². The molecule has 0 amide bonds. The quantitative estimate of drug-likeness (QED) is 0.664. The second-order valence-corrected chi connectivity index (χ2v) is 3.45. The van der Waals surface area contributed by atoms with Crippen LogP contribution < -0.4 is 0 Å². The summed E-state index contributed by atoms with van der Waals surface area (Å²) >= 11 is 0. The lowest BCUT2D eigenvalue weighted by molar-refractivity contribution is -0.0958. The van der Waals surface area contributed by atoms with Crippen LogP contribution in [0.4, 0.5) is 0 Å². The van der Waals surface area contributed by atoms with Crippen LogP contribution in [0.2, 0.25) is 0 Å². The van der Waals surface area contributed by atoms with E-state index in [0.717, 1.165) is 13.2 Å². The lowest BCUT2D eigenvalue weighted by Crippen LogP contribution is -2.49. The first-order valence-electron chi connectivity index (χ1n) is 4.80. The second-order valence-electron chi connectivity index (χ2n) is 3.45. The molecule has 2 rings (SSSR count). The molecule has 0 saturated carbocycles. The van der Waals surface area contributed by atoms with Crippen LogP contribution in [0.1, 0.15) is 26.3 Å². The summed E-state index contributed by atoms with van der Waals surface area (Å²) in [5, 5.41) is 4.25. The normalized spacial score (nSPS) is 18.5. The van der Waals surface area contributed by atoms with E-state index in [0.29, 0.717) is 0 Å². The van der Waals surface area contributed by atoms with E-state index in [1.165, 1.54) is 5.56 Å². The Morgan fingerprint density at radius 2 is 2.08 bits per heavy atom. The fraction of sp³-hybridized carbons (Fsp3) is 0.700. The average molecular weight is 182 g/mol. The van der Waals surface area contributed by atoms with Gasteiger partial charge < -0.3 is 4.74 Å². The molecule has 1 aliphatic heterocycles. The molecule has 3 heteroatoms. The van der Waals surface area contributed by atoms with Crippen LogP contribution in [-0.2, 0) is 10.3 Å². The molecule has 1 aromatic rings. The van der Waals surface area contributed by atoms with Gasteiger partial charge in [-0.2, -0.15) is 5.10 Å². The molecule has 2 heterocycles. The van der Waals surface area contributed by atoms with Crippen molar-refractivity contribution in [1.82, 2.24) is 9.78 Å². The Morgan fingerprint density at radius 1 is 1.46 bits per heavy atom. The van der Waals surface area contributed by atoms with Crippen LogP contribution in [0.15, 0.2) is 12.4 Å². The van der Waals surface area contributed by atoms with Crippen molar-refractivity contribution in [3.8, 4) is 0 Å². The summed E-state index contributed by atoms with van der Waals surface area (Å²) < 4.78 is 7.13. The Balaban J connectivity index is 0.000000396. The Morgan fingerprint density at radius 3 is 2.38 bits per heavy atom. The maximum atomic E-state index is 5.14. The molecular weight excluding hydrogens is 164 g/mol. The first-order valence-corrected chi connectivity index (χ1v) is 4.80. The van der Waals surface area contributed by atoms with Crippen molar-refractivity contribution in [2.45, 2.75) is 33.2 Å². The van der Waals surface area contributed by atoms with E-state index < -0.39 is 0 Å². The van der Waals surface area contributed by atoms with Gasteiger partial charge in [-0.05, 0) is 19.4 Å². The number of aromatic nitrogens is 2. The number of aryl methyl sites for hydroxylation is 1. The average Bonchev–Trinajstić information content (AvgIpc) is 2.52. The minimum Gasteiger partial charge on any atom is -0.376 e. The lowest BCUT2D eigenvalue weighted by Gasteiger charge is -2.38. The van der Waals surface area contributed by atoms with Crippen molar-refractivity contribution < 1.29 is 4.74 Å². The molecule has 0 atom stereocenters. The number of hydrogen-bond acceptors (Lipinski definition) is 2. The zero-order valence-electron chi connectivity index (χ0n) is 8.87. The monoisotopic (exact) mass is 182 g/mol. The second kappa shape index (κ2) is 3.92. The summed E-state index contributed by atoms with van der Waals surface area (Å²) in [4.78, 5) is 0. The van der Waals surface area contributed by atoms with Crippen LogP contribution in [0, 0.1) is 6.92 Å². The van der Waals surface area contributed by atoms with E-state index in [2.05, 4.69) is 18.2 Å². The van der Waals surface area contributed by atoms with Crippen LogP contribution >= 0.6 is 0 Å². The third-order valence-electron chi connectivity index (χ3n) is 2.09. The van der Waals surface area contributed by atoms with Gasteiger partial charge in [-0.25, -0.2) is 0 Å². The molecule has 0 bridgehead atoms. The summed E-state index contributed by atoms with van der Waals surface area (Å²) in [6.45, 7) is 9.78. The molecular formula is C10H18N2O. The number of hydrogen-bond donors (Lipinski definition) is 0. The Labute approximate surface area is 79.7 Å². The van der Waals surface area contributed by atoms with Gasteiger partial charge in [0, 0.05) is 6.20 Å². The van der Waals surface area contributed by atoms with Crippen molar-refractivity contribution in [2.75, 3.05) is 13.2 Å². The number of rotatable bonds is 1. The maximum absolute atomic E-state index is 5.14. The van der Waals surface area contributed by atoms with E-state index >= 15 is 0 Å². The molecule has 1 saturated heterocycles. The third-order valence-corrected chi connectivity index (χ3v) is 2.09. The van der Waals surface area contributed by atoms with Crippen molar-refractivity contribution in [1.29, 1.82) is 0 Å². The fourth-order valence-electron chi connectivity index (χ4n) is 1.24. The molecule has 0 spiro atoms. The van der Waals surface area contributed by atoms with Crippen molar-refractivity contribution in [3.63, 3.8) is 0 Å². The summed E-state index contributed by atoms with van der Waals surface area (Å²) in [5.74, 6) is 0.